The van der Waals surface area contributed by atoms with Crippen LogP contribution in [0.5, 0.6) is 0 Å². The van der Waals surface area contributed by atoms with Gasteiger partial charge in [0.2, 0.25) is 0 Å². The van der Waals surface area contributed by atoms with E-state index in [9.17, 15) is 10.1 Å². The molecule has 2 N–H and O–H groups in total. The topological polar surface area (TPSA) is 92.5 Å². The number of nitrogens with zero attached hydrogens (tertiary/aromatic N) is 3. The zero-order chi connectivity index (χ0) is 17.4. The number of hydrogen-bond donors (Lipinski definition) is 2. The number of nitrogens with one attached hydrogen (secondary N) is 2. The molecule has 0 aliphatic rings. The van der Waals surface area contributed by atoms with Crippen molar-refractivity contribution < 1.29 is 4.92 Å². The van der Waals surface area contributed by atoms with Gasteiger partial charge in [-0.25, -0.2) is 4.98 Å². The van der Waals surface area contributed by atoms with Gasteiger partial charge in [-0.15, -0.1) is 11.3 Å². The first-order chi connectivity index (χ1) is 11.6. The molecule has 8 heteroatoms. The lowest BCUT2D eigenvalue weighted by atomic mass is 10.2. The molecule has 0 saturated carbocycles. The average molecular weight is 347 g/mol. The van der Waals surface area contributed by atoms with E-state index in [1.54, 1.807) is 36.6 Å². The van der Waals surface area contributed by atoms with Crippen LogP contribution in [0.4, 0.5) is 5.69 Å². The van der Waals surface area contributed by atoms with Crippen LogP contribution in [-0.2, 0) is 19.4 Å². The number of para-hydroxylation sites is 1. The maximum absolute atomic E-state index is 11.0. The maximum atomic E-state index is 11.0. The summed E-state index contributed by atoms with van der Waals surface area (Å²) in [4.78, 5) is 20.4. The Hall–Kier alpha value is -2.48. The van der Waals surface area contributed by atoms with Crippen LogP contribution in [0.3, 0.4) is 0 Å². The van der Waals surface area contributed by atoms with Crippen molar-refractivity contribution in [3.8, 4) is 0 Å². The number of benzene rings is 1. The molecule has 2 aromatic rings. The van der Waals surface area contributed by atoms with E-state index < -0.39 is 0 Å². The minimum absolute atomic E-state index is 0.107. The number of aryl methyl sites for hydroxylation is 1. The molecule has 0 aliphatic carbocycles. The van der Waals surface area contributed by atoms with Gasteiger partial charge >= 0.3 is 0 Å². The van der Waals surface area contributed by atoms with E-state index in [-0.39, 0.29) is 10.6 Å². The fraction of sp³-hybridized carbons (Fsp3) is 0.375. The summed E-state index contributed by atoms with van der Waals surface area (Å²) in [5.41, 5.74) is 0.730. The molecule has 0 atom stereocenters. The van der Waals surface area contributed by atoms with Crippen LogP contribution in [0.15, 0.2) is 35.5 Å². The monoisotopic (exact) mass is 347 g/mol. The first kappa shape index (κ1) is 17.9. The molecular formula is C16H21N5O2S. The number of nitro benzene ring substituents is 1. The Balaban J connectivity index is 1.83. The molecule has 128 valence electrons. The summed E-state index contributed by atoms with van der Waals surface area (Å²) in [5, 5.41) is 18.4. The summed E-state index contributed by atoms with van der Waals surface area (Å²) in [6, 6.07) is 6.68. The summed E-state index contributed by atoms with van der Waals surface area (Å²) in [6.45, 7) is 3.16. The Morgan fingerprint density at radius 2 is 2.17 bits per heavy atom. The van der Waals surface area contributed by atoms with Crippen LogP contribution in [0, 0.1) is 10.1 Å². The predicted molar refractivity (Wildman–Crippen MR) is 96.5 cm³/mol. The Kier molecular flexibility index (Phi) is 6.68. The van der Waals surface area contributed by atoms with E-state index in [1.807, 2.05) is 6.20 Å². The van der Waals surface area contributed by atoms with Gasteiger partial charge in [0.25, 0.3) is 5.69 Å². The first-order valence-electron chi connectivity index (χ1n) is 7.74. The van der Waals surface area contributed by atoms with Crippen molar-refractivity contribution in [3.05, 3.63) is 56.0 Å². The van der Waals surface area contributed by atoms with Crippen LogP contribution < -0.4 is 10.6 Å². The summed E-state index contributed by atoms with van der Waals surface area (Å²) in [6.07, 6.45) is 3.74. The molecule has 0 saturated heterocycles. The maximum Gasteiger partial charge on any atom is 0.274 e. The highest BCUT2D eigenvalue weighted by molar-refractivity contribution is 7.11. The number of guanidine groups is 1. The number of nitro groups is 1. The summed E-state index contributed by atoms with van der Waals surface area (Å²) in [5.74, 6) is 0.612. The molecule has 1 aromatic heterocycles. The standard InChI is InChI=1S/C16H21N5O2S/c1-3-13-11-19-15(24-13)8-9-18-16(17-2)20-10-12-6-4-5-7-14(12)21(22)23/h4-7,11H,3,8-10H2,1-2H3,(H2,17,18,20). The minimum atomic E-state index is -0.374. The highest BCUT2D eigenvalue weighted by Gasteiger charge is 2.12. The molecule has 0 unspecified atom stereocenters. The van der Waals surface area contributed by atoms with Gasteiger partial charge in [0, 0.05) is 49.3 Å². The van der Waals surface area contributed by atoms with E-state index in [0.717, 1.165) is 17.8 Å². The van der Waals surface area contributed by atoms with E-state index in [2.05, 4.69) is 27.5 Å². The number of aromatic nitrogens is 1. The van der Waals surface area contributed by atoms with Gasteiger partial charge in [-0.1, -0.05) is 25.1 Å². The Labute approximate surface area is 145 Å². The van der Waals surface area contributed by atoms with Crippen molar-refractivity contribution in [2.24, 2.45) is 4.99 Å². The average Bonchev–Trinajstić information content (AvgIpc) is 3.06. The molecule has 0 fully saturated rings. The second-order valence-electron chi connectivity index (χ2n) is 5.06. The minimum Gasteiger partial charge on any atom is -0.356 e. The zero-order valence-electron chi connectivity index (χ0n) is 13.8. The van der Waals surface area contributed by atoms with Crippen molar-refractivity contribution in [3.63, 3.8) is 0 Å². The van der Waals surface area contributed by atoms with Gasteiger partial charge in [-0.3, -0.25) is 15.1 Å². The molecule has 0 radical (unpaired) electrons. The molecule has 0 aliphatic heterocycles. The zero-order valence-corrected chi connectivity index (χ0v) is 14.6. The van der Waals surface area contributed by atoms with Gasteiger partial charge < -0.3 is 10.6 Å². The highest BCUT2D eigenvalue weighted by Crippen LogP contribution is 2.17. The van der Waals surface area contributed by atoms with E-state index >= 15 is 0 Å². The molecule has 1 heterocycles. The molecule has 0 spiro atoms. The Morgan fingerprint density at radius 1 is 1.38 bits per heavy atom. The highest BCUT2D eigenvalue weighted by atomic mass is 32.1. The summed E-state index contributed by atoms with van der Waals surface area (Å²) >= 11 is 1.72. The second-order valence-corrected chi connectivity index (χ2v) is 6.26. The van der Waals surface area contributed by atoms with Crippen LogP contribution >= 0.6 is 11.3 Å². The summed E-state index contributed by atoms with van der Waals surface area (Å²) in [7, 11) is 1.67. The van der Waals surface area contributed by atoms with Crippen molar-refractivity contribution >= 4 is 23.0 Å². The van der Waals surface area contributed by atoms with Crippen LogP contribution in [0.2, 0.25) is 0 Å². The normalized spacial score (nSPS) is 11.3. The number of thiazole rings is 1. The molecule has 2 rings (SSSR count). The fourth-order valence-electron chi connectivity index (χ4n) is 2.15. The quantitative estimate of drug-likeness (QED) is 0.347. The van der Waals surface area contributed by atoms with Crippen molar-refractivity contribution in [1.82, 2.24) is 15.6 Å². The molecule has 0 bridgehead atoms. The van der Waals surface area contributed by atoms with Crippen molar-refractivity contribution in [2.75, 3.05) is 13.6 Å². The lowest BCUT2D eigenvalue weighted by Crippen LogP contribution is -2.37. The van der Waals surface area contributed by atoms with Gasteiger partial charge in [0.05, 0.1) is 9.93 Å². The predicted octanol–water partition coefficient (Wildman–Crippen LogP) is 2.52. The van der Waals surface area contributed by atoms with Crippen LogP contribution in [0.25, 0.3) is 0 Å². The SMILES string of the molecule is CCc1cnc(CCNC(=NC)NCc2ccccc2[N+](=O)[O-])s1. The lowest BCUT2D eigenvalue weighted by molar-refractivity contribution is -0.385. The molecule has 0 amide bonds. The van der Waals surface area contributed by atoms with Crippen LogP contribution in [0.1, 0.15) is 22.4 Å². The number of aliphatic imine (C=N–C) groups is 1. The number of hydrogen-bond acceptors (Lipinski definition) is 5. The van der Waals surface area contributed by atoms with E-state index in [0.29, 0.717) is 24.6 Å². The third kappa shape index (κ3) is 5.02. The molecule has 1 aromatic carbocycles. The molecular weight excluding hydrogens is 326 g/mol. The third-order valence-electron chi connectivity index (χ3n) is 3.44. The lowest BCUT2D eigenvalue weighted by Gasteiger charge is -2.11. The molecule has 7 nitrogen and oxygen atoms in total. The molecule has 24 heavy (non-hydrogen) atoms. The van der Waals surface area contributed by atoms with Gasteiger partial charge in [-0.05, 0) is 6.42 Å². The van der Waals surface area contributed by atoms with Crippen LogP contribution in [-0.4, -0.2) is 29.5 Å². The smallest absolute Gasteiger partial charge is 0.274 e. The summed E-state index contributed by atoms with van der Waals surface area (Å²) < 4.78 is 0. The van der Waals surface area contributed by atoms with Crippen molar-refractivity contribution in [2.45, 2.75) is 26.3 Å². The van der Waals surface area contributed by atoms with Crippen molar-refractivity contribution in [1.29, 1.82) is 0 Å². The van der Waals surface area contributed by atoms with E-state index in [1.165, 1.54) is 10.9 Å². The third-order valence-corrected chi connectivity index (χ3v) is 4.64. The van der Waals surface area contributed by atoms with Gasteiger partial charge in [-0.2, -0.15) is 0 Å². The first-order valence-corrected chi connectivity index (χ1v) is 8.56. The second kappa shape index (κ2) is 8.97. The Bertz CT molecular complexity index is 714. The largest absolute Gasteiger partial charge is 0.356 e. The van der Waals surface area contributed by atoms with Gasteiger partial charge in [0.15, 0.2) is 5.96 Å². The Morgan fingerprint density at radius 3 is 2.83 bits per heavy atom. The van der Waals surface area contributed by atoms with E-state index in [4.69, 9.17) is 0 Å². The number of rotatable bonds is 7. The fourth-order valence-corrected chi connectivity index (χ4v) is 3.01. The van der Waals surface area contributed by atoms with Gasteiger partial charge in [0.1, 0.15) is 0 Å².